The number of alkyl halides is 3. The van der Waals surface area contributed by atoms with Crippen LogP contribution >= 0.6 is 0 Å². The Morgan fingerprint density at radius 2 is 2.08 bits per heavy atom. The Hall–Kier alpha value is -1.99. The monoisotopic (exact) mass is 346 g/mol. The Labute approximate surface area is 140 Å². The summed E-state index contributed by atoms with van der Waals surface area (Å²) in [6.45, 7) is 3.14. The molecule has 24 heavy (non-hydrogen) atoms. The predicted octanol–water partition coefficient (Wildman–Crippen LogP) is 3.82. The molecule has 0 spiro atoms. The van der Waals surface area contributed by atoms with E-state index >= 15 is 0 Å². The van der Waals surface area contributed by atoms with Crippen LogP contribution < -0.4 is 16.0 Å². The molecule has 0 bridgehead atoms. The molecule has 0 fully saturated rings. The number of unbranched alkanes of at least 4 members (excludes halogenated alkanes) is 2. The normalized spacial score (nSPS) is 12.5. The van der Waals surface area contributed by atoms with Crippen molar-refractivity contribution < 1.29 is 18.0 Å². The molecule has 0 saturated carbocycles. The van der Waals surface area contributed by atoms with Crippen LogP contribution in [0.1, 0.15) is 45.1 Å². The molecule has 1 aromatic heterocycles. The largest absolute Gasteiger partial charge is 0.405 e. The Bertz CT molecular complexity index is 508. The summed E-state index contributed by atoms with van der Waals surface area (Å²) in [5.41, 5.74) is 0.670. The van der Waals surface area contributed by atoms with Crippen LogP contribution in [0.25, 0.3) is 0 Å². The van der Waals surface area contributed by atoms with Gasteiger partial charge in [-0.05, 0) is 31.0 Å². The molecule has 0 saturated heterocycles. The average Bonchev–Trinajstić information content (AvgIpc) is 2.51. The highest BCUT2D eigenvalue weighted by Crippen LogP contribution is 2.15. The number of anilines is 1. The first kappa shape index (κ1) is 20.1. The van der Waals surface area contributed by atoms with Gasteiger partial charge in [0.25, 0.3) is 0 Å². The third-order valence-electron chi connectivity index (χ3n) is 3.37. The average molecular weight is 346 g/mol. The fraction of sp³-hybridized carbons (Fsp3) is 0.625. The standard InChI is InChI=1S/C16H25F3N4O/c1-3-4-5-6-12(2)23-15(24)21-10-13-7-8-20-14(9-13)22-11-16(17,18)19/h7-9,12H,3-6,10-11H2,1-2H3,(H,20,22)(H2,21,23,24). The van der Waals surface area contributed by atoms with E-state index in [2.05, 4.69) is 27.9 Å². The molecule has 1 atom stereocenters. The third kappa shape index (κ3) is 9.22. The first-order valence-corrected chi connectivity index (χ1v) is 8.10. The lowest BCUT2D eigenvalue weighted by atomic mass is 10.1. The second-order valence-corrected chi connectivity index (χ2v) is 5.74. The minimum absolute atomic E-state index is 0.0815. The SMILES string of the molecule is CCCCCC(C)NC(=O)NCc1ccnc(NCC(F)(F)F)c1. The zero-order valence-electron chi connectivity index (χ0n) is 14.0. The maximum atomic E-state index is 12.2. The Balaban J connectivity index is 2.37. The van der Waals surface area contributed by atoms with Crippen molar-refractivity contribution in [3.8, 4) is 0 Å². The maximum Gasteiger partial charge on any atom is 0.405 e. The van der Waals surface area contributed by atoms with Crippen molar-refractivity contribution in [2.75, 3.05) is 11.9 Å². The molecule has 0 aliphatic heterocycles. The first-order chi connectivity index (χ1) is 11.3. The summed E-state index contributed by atoms with van der Waals surface area (Å²) in [4.78, 5) is 15.6. The van der Waals surface area contributed by atoms with Crippen LogP contribution in [0.3, 0.4) is 0 Å². The molecule has 2 amide bonds. The summed E-state index contributed by atoms with van der Waals surface area (Å²) < 4.78 is 36.5. The molecule has 1 heterocycles. The molecular weight excluding hydrogens is 321 g/mol. The van der Waals surface area contributed by atoms with Gasteiger partial charge in [0.1, 0.15) is 12.4 Å². The number of rotatable bonds is 9. The van der Waals surface area contributed by atoms with Gasteiger partial charge in [-0.25, -0.2) is 9.78 Å². The van der Waals surface area contributed by atoms with Gasteiger partial charge in [0, 0.05) is 18.8 Å². The zero-order valence-corrected chi connectivity index (χ0v) is 14.0. The number of nitrogens with one attached hydrogen (secondary N) is 3. The van der Waals surface area contributed by atoms with Gasteiger partial charge in [-0.2, -0.15) is 13.2 Å². The van der Waals surface area contributed by atoms with Crippen LogP contribution in [-0.4, -0.2) is 29.8 Å². The molecule has 1 unspecified atom stereocenters. The molecule has 0 aliphatic rings. The molecule has 5 nitrogen and oxygen atoms in total. The topological polar surface area (TPSA) is 66.0 Å². The van der Waals surface area contributed by atoms with E-state index in [0.29, 0.717) is 5.56 Å². The van der Waals surface area contributed by atoms with Gasteiger partial charge in [-0.1, -0.05) is 26.2 Å². The summed E-state index contributed by atoms with van der Waals surface area (Å²) in [7, 11) is 0. The molecule has 3 N–H and O–H groups in total. The number of amides is 2. The summed E-state index contributed by atoms with van der Waals surface area (Å²) in [6, 6.07) is 2.92. The Morgan fingerprint density at radius 3 is 2.75 bits per heavy atom. The maximum absolute atomic E-state index is 12.2. The van der Waals surface area contributed by atoms with Crippen molar-refractivity contribution >= 4 is 11.8 Å². The van der Waals surface area contributed by atoms with Crippen LogP contribution in [0.5, 0.6) is 0 Å². The van der Waals surface area contributed by atoms with Gasteiger partial charge < -0.3 is 16.0 Å². The van der Waals surface area contributed by atoms with E-state index in [1.165, 1.54) is 12.3 Å². The zero-order chi connectivity index (χ0) is 18.0. The number of halogens is 3. The van der Waals surface area contributed by atoms with Crippen molar-refractivity contribution in [2.45, 2.75) is 58.3 Å². The van der Waals surface area contributed by atoms with Crippen LogP contribution in [0.4, 0.5) is 23.8 Å². The Morgan fingerprint density at radius 1 is 1.33 bits per heavy atom. The van der Waals surface area contributed by atoms with Crippen LogP contribution in [0.2, 0.25) is 0 Å². The van der Waals surface area contributed by atoms with Crippen molar-refractivity contribution in [3.63, 3.8) is 0 Å². The first-order valence-electron chi connectivity index (χ1n) is 8.10. The van der Waals surface area contributed by atoms with Crippen molar-refractivity contribution in [1.82, 2.24) is 15.6 Å². The molecular formula is C16H25F3N4O. The lowest BCUT2D eigenvalue weighted by molar-refractivity contribution is -0.115. The summed E-state index contributed by atoms with van der Waals surface area (Å²) >= 11 is 0. The lowest BCUT2D eigenvalue weighted by Gasteiger charge is -2.15. The quantitative estimate of drug-likeness (QED) is 0.596. The van der Waals surface area contributed by atoms with Crippen LogP contribution in [-0.2, 0) is 6.54 Å². The highest BCUT2D eigenvalue weighted by molar-refractivity contribution is 5.74. The van der Waals surface area contributed by atoms with Gasteiger partial charge in [-0.3, -0.25) is 0 Å². The second-order valence-electron chi connectivity index (χ2n) is 5.74. The van der Waals surface area contributed by atoms with Gasteiger partial charge in [0.05, 0.1) is 0 Å². The lowest BCUT2D eigenvalue weighted by Crippen LogP contribution is -2.40. The second kappa shape index (κ2) is 10.00. The van der Waals surface area contributed by atoms with E-state index in [0.717, 1.165) is 25.7 Å². The minimum Gasteiger partial charge on any atom is -0.361 e. The number of urea groups is 1. The molecule has 1 aromatic rings. The fourth-order valence-corrected chi connectivity index (χ4v) is 2.10. The minimum atomic E-state index is -4.30. The van der Waals surface area contributed by atoms with Gasteiger partial charge >= 0.3 is 12.2 Å². The third-order valence-corrected chi connectivity index (χ3v) is 3.37. The number of hydrogen-bond acceptors (Lipinski definition) is 3. The highest BCUT2D eigenvalue weighted by atomic mass is 19.4. The van der Waals surface area contributed by atoms with E-state index in [9.17, 15) is 18.0 Å². The molecule has 8 heteroatoms. The van der Waals surface area contributed by atoms with Crippen molar-refractivity contribution in [1.29, 1.82) is 0 Å². The number of nitrogens with zero attached hydrogens (tertiary/aromatic N) is 1. The highest BCUT2D eigenvalue weighted by Gasteiger charge is 2.26. The van der Waals surface area contributed by atoms with E-state index < -0.39 is 12.7 Å². The summed E-state index contributed by atoms with van der Waals surface area (Å²) in [6.07, 6.45) is 1.35. The van der Waals surface area contributed by atoms with Crippen molar-refractivity contribution in [2.24, 2.45) is 0 Å². The molecule has 0 radical (unpaired) electrons. The van der Waals surface area contributed by atoms with Crippen LogP contribution in [0, 0.1) is 0 Å². The Kier molecular flexibility index (Phi) is 8.35. The van der Waals surface area contributed by atoms with Gasteiger partial charge in [0.2, 0.25) is 0 Å². The van der Waals surface area contributed by atoms with E-state index in [1.807, 2.05) is 6.92 Å². The number of aromatic nitrogens is 1. The predicted molar refractivity (Wildman–Crippen MR) is 87.8 cm³/mol. The van der Waals surface area contributed by atoms with Crippen molar-refractivity contribution in [3.05, 3.63) is 23.9 Å². The molecule has 136 valence electrons. The van der Waals surface area contributed by atoms with Gasteiger partial charge in [0.15, 0.2) is 0 Å². The number of pyridine rings is 1. The molecule has 0 aromatic carbocycles. The van der Waals surface area contributed by atoms with Gasteiger partial charge in [-0.15, -0.1) is 0 Å². The molecule has 1 rings (SSSR count). The number of carbonyl (C=O) groups is 1. The van der Waals surface area contributed by atoms with Crippen LogP contribution in [0.15, 0.2) is 18.3 Å². The fourth-order valence-electron chi connectivity index (χ4n) is 2.10. The summed E-state index contributed by atoms with van der Waals surface area (Å²) in [5.74, 6) is 0.125. The van der Waals surface area contributed by atoms with E-state index in [4.69, 9.17) is 0 Å². The molecule has 0 aliphatic carbocycles. The number of hydrogen-bond donors (Lipinski definition) is 3. The van der Waals surface area contributed by atoms with E-state index in [1.54, 1.807) is 6.07 Å². The number of carbonyl (C=O) groups excluding carboxylic acids is 1. The summed E-state index contributed by atoms with van der Waals surface area (Å²) in [5, 5.41) is 7.74. The van der Waals surface area contributed by atoms with E-state index in [-0.39, 0.29) is 24.4 Å². The smallest absolute Gasteiger partial charge is 0.361 e.